The summed E-state index contributed by atoms with van der Waals surface area (Å²) in [5.74, 6) is 0.0854. The molecule has 142 valence electrons. The number of carbonyl (C=O) groups is 2. The highest BCUT2D eigenvalue weighted by Gasteiger charge is 2.25. The minimum Gasteiger partial charge on any atom is -0.352 e. The van der Waals surface area contributed by atoms with Crippen LogP contribution in [0.15, 0.2) is 30.3 Å². The molecule has 0 bridgehead atoms. The van der Waals surface area contributed by atoms with Crippen molar-refractivity contribution in [2.75, 3.05) is 32.7 Å². The fraction of sp³-hybridized carbons (Fsp3) is 0.400. The third kappa shape index (κ3) is 4.51. The van der Waals surface area contributed by atoms with Crippen molar-refractivity contribution in [1.82, 2.24) is 15.1 Å². The number of carbonyl (C=O) groups excluding carboxylic acids is 2. The maximum Gasteiger partial charge on any atom is 0.246 e. The Bertz CT molecular complexity index is 882. The van der Waals surface area contributed by atoms with Crippen molar-refractivity contribution >= 4 is 50.9 Å². The van der Waals surface area contributed by atoms with Crippen molar-refractivity contribution in [2.24, 2.45) is 0 Å². The standard InChI is InChI=1S/C20H22ClN3O2S/c21-20-15-3-1-2-4-16(15)27-17(20)7-8-19(26)24-11-9-23(10-12-24)13-18(25)22-14-5-6-14/h1-4,7-8,14H,5-6,9-13H2,(H,22,25). The zero-order chi connectivity index (χ0) is 18.8. The van der Waals surface area contributed by atoms with Gasteiger partial charge in [-0.05, 0) is 25.0 Å². The molecule has 1 saturated carbocycles. The SMILES string of the molecule is O=C(CN1CCN(C(=O)C=Cc2sc3ccccc3c2Cl)CC1)NC1CC1. The molecule has 1 saturated heterocycles. The number of benzene rings is 1. The lowest BCUT2D eigenvalue weighted by Crippen LogP contribution is -2.50. The highest BCUT2D eigenvalue weighted by Crippen LogP contribution is 2.35. The highest BCUT2D eigenvalue weighted by atomic mass is 35.5. The average Bonchev–Trinajstić information content (AvgIpc) is 3.43. The molecule has 1 aromatic carbocycles. The molecule has 7 heteroatoms. The Morgan fingerprint density at radius 3 is 2.63 bits per heavy atom. The van der Waals surface area contributed by atoms with Gasteiger partial charge in [-0.3, -0.25) is 14.5 Å². The van der Waals surface area contributed by atoms with Gasteiger partial charge in [-0.1, -0.05) is 29.8 Å². The first-order valence-corrected chi connectivity index (χ1v) is 10.5. The summed E-state index contributed by atoms with van der Waals surface area (Å²) in [6, 6.07) is 8.36. The van der Waals surface area contributed by atoms with E-state index < -0.39 is 0 Å². The normalized spacial score (nSPS) is 18.3. The Labute approximate surface area is 167 Å². The van der Waals surface area contributed by atoms with Crippen molar-refractivity contribution in [1.29, 1.82) is 0 Å². The number of rotatable bonds is 5. The topological polar surface area (TPSA) is 52.7 Å². The summed E-state index contributed by atoms with van der Waals surface area (Å²) in [4.78, 5) is 29.2. The number of amides is 2. The lowest BCUT2D eigenvalue weighted by Gasteiger charge is -2.33. The number of hydrogen-bond donors (Lipinski definition) is 1. The van der Waals surface area contributed by atoms with Gasteiger partial charge in [0.25, 0.3) is 0 Å². The first-order valence-electron chi connectivity index (χ1n) is 9.26. The number of nitrogens with zero attached hydrogens (tertiary/aromatic N) is 2. The molecule has 1 aromatic heterocycles. The van der Waals surface area contributed by atoms with Gasteiger partial charge >= 0.3 is 0 Å². The second-order valence-corrected chi connectivity index (χ2v) is 8.51. The molecule has 4 rings (SSSR count). The maximum absolute atomic E-state index is 12.5. The quantitative estimate of drug-likeness (QED) is 0.781. The highest BCUT2D eigenvalue weighted by molar-refractivity contribution is 7.20. The number of thiophene rings is 1. The van der Waals surface area contributed by atoms with Gasteiger partial charge < -0.3 is 10.2 Å². The molecule has 0 radical (unpaired) electrons. The molecular formula is C20H22ClN3O2S. The second kappa shape index (κ2) is 8.00. The zero-order valence-electron chi connectivity index (χ0n) is 15.0. The molecule has 2 heterocycles. The van der Waals surface area contributed by atoms with Gasteiger partial charge in [-0.15, -0.1) is 11.3 Å². The zero-order valence-corrected chi connectivity index (χ0v) is 16.6. The Hall–Kier alpha value is -1.89. The second-order valence-electron chi connectivity index (χ2n) is 7.05. The van der Waals surface area contributed by atoms with E-state index >= 15 is 0 Å². The minimum absolute atomic E-state index is 0.00870. The molecule has 1 aliphatic carbocycles. The Morgan fingerprint density at radius 2 is 1.93 bits per heavy atom. The predicted octanol–water partition coefficient (Wildman–Crippen LogP) is 2.99. The smallest absolute Gasteiger partial charge is 0.246 e. The fourth-order valence-corrected chi connectivity index (χ4v) is 4.62. The minimum atomic E-state index is -0.00870. The maximum atomic E-state index is 12.5. The van der Waals surface area contributed by atoms with E-state index in [-0.39, 0.29) is 11.8 Å². The number of halogens is 1. The van der Waals surface area contributed by atoms with Crippen molar-refractivity contribution in [3.63, 3.8) is 0 Å². The Kier molecular flexibility index (Phi) is 5.48. The van der Waals surface area contributed by atoms with Crippen LogP contribution in [-0.2, 0) is 9.59 Å². The van der Waals surface area contributed by atoms with E-state index in [1.54, 1.807) is 17.4 Å². The third-order valence-corrected chi connectivity index (χ3v) is 6.59. The Balaban J connectivity index is 1.30. The van der Waals surface area contributed by atoms with Gasteiger partial charge in [0.2, 0.25) is 11.8 Å². The number of nitrogens with one attached hydrogen (secondary N) is 1. The van der Waals surface area contributed by atoms with Crippen molar-refractivity contribution < 1.29 is 9.59 Å². The van der Waals surface area contributed by atoms with Crippen LogP contribution in [0.4, 0.5) is 0 Å². The summed E-state index contributed by atoms with van der Waals surface area (Å²) in [5, 5.41) is 4.73. The first-order chi connectivity index (χ1) is 13.1. The third-order valence-electron chi connectivity index (χ3n) is 4.93. The fourth-order valence-electron chi connectivity index (χ4n) is 3.22. The summed E-state index contributed by atoms with van der Waals surface area (Å²) in [6.45, 7) is 3.15. The van der Waals surface area contributed by atoms with Crippen LogP contribution in [0.5, 0.6) is 0 Å². The predicted molar refractivity (Wildman–Crippen MR) is 110 cm³/mol. The summed E-state index contributed by atoms with van der Waals surface area (Å²) in [5.41, 5.74) is 0. The van der Waals surface area contributed by atoms with Crippen molar-refractivity contribution in [3.05, 3.63) is 40.2 Å². The summed E-state index contributed by atoms with van der Waals surface area (Å²) >= 11 is 8.01. The van der Waals surface area contributed by atoms with Crippen molar-refractivity contribution in [3.8, 4) is 0 Å². The number of piperazine rings is 1. The summed E-state index contributed by atoms with van der Waals surface area (Å²) in [6.07, 6.45) is 5.62. The monoisotopic (exact) mass is 403 g/mol. The van der Waals surface area contributed by atoms with Crippen molar-refractivity contribution in [2.45, 2.75) is 18.9 Å². The van der Waals surface area contributed by atoms with Gasteiger partial charge in [0.1, 0.15) is 0 Å². The Morgan fingerprint density at radius 1 is 1.19 bits per heavy atom. The number of fused-ring (bicyclic) bond motifs is 1. The van der Waals surface area contributed by atoms with Crippen LogP contribution in [0, 0.1) is 0 Å². The molecular weight excluding hydrogens is 382 g/mol. The van der Waals surface area contributed by atoms with Gasteiger partial charge in [0, 0.05) is 53.3 Å². The molecule has 1 N–H and O–H groups in total. The van der Waals surface area contributed by atoms with Crippen LogP contribution in [0.1, 0.15) is 17.7 Å². The van der Waals surface area contributed by atoms with E-state index in [1.165, 1.54) is 0 Å². The average molecular weight is 404 g/mol. The van der Waals surface area contributed by atoms with Gasteiger partial charge in [0.05, 0.1) is 11.6 Å². The molecule has 0 spiro atoms. The van der Waals surface area contributed by atoms with Gasteiger partial charge in [0.15, 0.2) is 0 Å². The van der Waals surface area contributed by atoms with Crippen LogP contribution in [0.2, 0.25) is 5.02 Å². The van der Waals surface area contributed by atoms with E-state index in [4.69, 9.17) is 11.6 Å². The van der Waals surface area contributed by atoms with E-state index in [0.29, 0.717) is 30.7 Å². The lowest BCUT2D eigenvalue weighted by molar-refractivity contribution is -0.128. The van der Waals surface area contributed by atoms with E-state index in [1.807, 2.05) is 35.2 Å². The molecule has 2 aromatic rings. The van der Waals surface area contributed by atoms with Crippen LogP contribution in [-0.4, -0.2) is 60.4 Å². The summed E-state index contributed by atoms with van der Waals surface area (Å²) in [7, 11) is 0. The van der Waals surface area contributed by atoms with Crippen LogP contribution in [0.25, 0.3) is 16.2 Å². The molecule has 27 heavy (non-hydrogen) atoms. The van der Waals surface area contributed by atoms with Gasteiger partial charge in [-0.2, -0.15) is 0 Å². The van der Waals surface area contributed by atoms with Crippen LogP contribution < -0.4 is 5.32 Å². The molecule has 0 atom stereocenters. The summed E-state index contributed by atoms with van der Waals surface area (Å²) < 4.78 is 1.12. The molecule has 2 aliphatic rings. The van der Waals surface area contributed by atoms with Crippen LogP contribution >= 0.6 is 22.9 Å². The first kappa shape index (κ1) is 18.5. The molecule has 2 fully saturated rings. The molecule has 5 nitrogen and oxygen atoms in total. The largest absolute Gasteiger partial charge is 0.352 e. The van der Waals surface area contributed by atoms with E-state index in [0.717, 1.165) is 40.9 Å². The molecule has 2 amide bonds. The lowest BCUT2D eigenvalue weighted by atomic mass is 10.2. The number of hydrogen-bond acceptors (Lipinski definition) is 4. The van der Waals surface area contributed by atoms with Gasteiger partial charge in [-0.25, -0.2) is 0 Å². The molecule has 1 aliphatic heterocycles. The van der Waals surface area contributed by atoms with Crippen LogP contribution in [0.3, 0.4) is 0 Å². The van der Waals surface area contributed by atoms with E-state index in [9.17, 15) is 9.59 Å². The van der Waals surface area contributed by atoms with E-state index in [2.05, 4.69) is 10.2 Å². The molecule has 0 unspecified atom stereocenters.